The zero-order chi connectivity index (χ0) is 12.3. The number of halogens is 3. The van der Waals surface area contributed by atoms with Gasteiger partial charge in [0.15, 0.2) is 11.6 Å². The second-order valence-electron chi connectivity index (χ2n) is 3.29. The minimum Gasteiger partial charge on any atom is -0.494 e. The van der Waals surface area contributed by atoms with Crippen LogP contribution in [0.25, 0.3) is 0 Å². The Morgan fingerprint density at radius 1 is 1.50 bits per heavy atom. The average molecular weight is 235 g/mol. The molecule has 0 amide bonds. The summed E-state index contributed by atoms with van der Waals surface area (Å²) in [5.41, 5.74) is 5.13. The average Bonchev–Trinajstić information content (AvgIpc) is 2.27. The van der Waals surface area contributed by atoms with Gasteiger partial charge in [-0.3, -0.25) is 0 Å². The molecular weight excluding hydrogens is 223 g/mol. The third-order valence-corrected chi connectivity index (χ3v) is 2.20. The molecule has 0 saturated heterocycles. The third-order valence-electron chi connectivity index (χ3n) is 2.20. The summed E-state index contributed by atoms with van der Waals surface area (Å²) in [6, 6.07) is 1.55. The number of aliphatic hydroxyl groups excluding tert-OH is 1. The van der Waals surface area contributed by atoms with Crippen LogP contribution in [-0.2, 0) is 0 Å². The monoisotopic (exact) mass is 235 g/mol. The summed E-state index contributed by atoms with van der Waals surface area (Å²) in [5.74, 6) is -4.31. The van der Waals surface area contributed by atoms with Gasteiger partial charge < -0.3 is 15.6 Å². The van der Waals surface area contributed by atoms with E-state index in [4.69, 9.17) is 10.8 Å². The summed E-state index contributed by atoms with van der Waals surface area (Å²) >= 11 is 0. The predicted octanol–water partition coefficient (Wildman–Crippen LogP) is 1.46. The van der Waals surface area contributed by atoms with E-state index in [0.717, 1.165) is 6.07 Å². The number of benzene rings is 1. The molecule has 0 unspecified atom stereocenters. The molecule has 16 heavy (non-hydrogen) atoms. The van der Waals surface area contributed by atoms with E-state index in [2.05, 4.69) is 4.74 Å². The summed E-state index contributed by atoms with van der Waals surface area (Å²) in [6.45, 7) is -1.39. The number of aliphatic hydroxyl groups is 1. The third kappa shape index (κ3) is 2.45. The molecule has 0 aliphatic carbocycles. The van der Waals surface area contributed by atoms with Crippen molar-refractivity contribution >= 4 is 0 Å². The lowest BCUT2D eigenvalue weighted by molar-refractivity contribution is -0.0712. The van der Waals surface area contributed by atoms with Crippen molar-refractivity contribution in [3.8, 4) is 5.75 Å². The molecule has 0 bridgehead atoms. The molecule has 1 aromatic carbocycles. The van der Waals surface area contributed by atoms with Gasteiger partial charge in [-0.25, -0.2) is 13.2 Å². The highest BCUT2D eigenvalue weighted by Gasteiger charge is 2.37. The van der Waals surface area contributed by atoms with Crippen molar-refractivity contribution < 1.29 is 23.0 Å². The van der Waals surface area contributed by atoms with Gasteiger partial charge >= 0.3 is 0 Å². The van der Waals surface area contributed by atoms with Gasteiger partial charge in [-0.1, -0.05) is 6.07 Å². The Morgan fingerprint density at radius 3 is 2.56 bits per heavy atom. The second kappa shape index (κ2) is 4.71. The lowest BCUT2D eigenvalue weighted by atomic mass is 10.0. The fourth-order valence-corrected chi connectivity index (χ4v) is 1.22. The smallest absolute Gasteiger partial charge is 0.289 e. The Balaban J connectivity index is 3.02. The number of methoxy groups -OCH3 is 1. The van der Waals surface area contributed by atoms with Crippen LogP contribution in [-0.4, -0.2) is 24.7 Å². The molecule has 0 aliphatic rings. The van der Waals surface area contributed by atoms with Gasteiger partial charge in [0.1, 0.15) is 6.61 Å². The van der Waals surface area contributed by atoms with Crippen LogP contribution in [0.15, 0.2) is 18.2 Å². The normalized spacial score (nSPS) is 13.6. The van der Waals surface area contributed by atoms with Crippen LogP contribution in [0.2, 0.25) is 0 Å². The van der Waals surface area contributed by atoms with E-state index in [1.54, 1.807) is 0 Å². The Kier molecular flexibility index (Phi) is 3.77. The van der Waals surface area contributed by atoms with Crippen LogP contribution in [0.1, 0.15) is 11.6 Å². The van der Waals surface area contributed by atoms with Gasteiger partial charge in [0.05, 0.1) is 13.2 Å². The molecule has 0 aliphatic heterocycles. The van der Waals surface area contributed by atoms with Gasteiger partial charge in [-0.15, -0.1) is 0 Å². The van der Waals surface area contributed by atoms with Crippen molar-refractivity contribution in [3.05, 3.63) is 29.6 Å². The highest BCUT2D eigenvalue weighted by atomic mass is 19.3. The van der Waals surface area contributed by atoms with E-state index >= 15 is 0 Å². The van der Waals surface area contributed by atoms with Crippen molar-refractivity contribution in [3.63, 3.8) is 0 Å². The lowest BCUT2D eigenvalue weighted by Gasteiger charge is -2.21. The number of rotatable bonds is 4. The minimum atomic E-state index is -3.49. The van der Waals surface area contributed by atoms with Crippen LogP contribution in [0, 0.1) is 5.82 Å². The topological polar surface area (TPSA) is 55.5 Å². The molecular formula is C10H12F3NO2. The first-order valence-corrected chi connectivity index (χ1v) is 4.50. The van der Waals surface area contributed by atoms with E-state index in [1.807, 2.05) is 0 Å². The van der Waals surface area contributed by atoms with Gasteiger partial charge in [0, 0.05) is 0 Å². The molecule has 0 spiro atoms. The van der Waals surface area contributed by atoms with E-state index < -0.39 is 24.4 Å². The number of alkyl halides is 2. The molecule has 1 aromatic rings. The van der Waals surface area contributed by atoms with Crippen LogP contribution in [0.5, 0.6) is 5.75 Å². The predicted molar refractivity (Wildman–Crippen MR) is 51.9 cm³/mol. The molecule has 0 aromatic heterocycles. The molecule has 0 heterocycles. The fourth-order valence-electron chi connectivity index (χ4n) is 1.22. The molecule has 0 fully saturated rings. The molecule has 6 heteroatoms. The highest BCUT2D eigenvalue weighted by Crippen LogP contribution is 2.30. The Morgan fingerprint density at radius 2 is 2.12 bits per heavy atom. The highest BCUT2D eigenvalue weighted by molar-refractivity contribution is 5.31. The summed E-state index contributed by atoms with van der Waals surface area (Å²) in [4.78, 5) is 0. The van der Waals surface area contributed by atoms with Crippen molar-refractivity contribution in [1.29, 1.82) is 0 Å². The van der Waals surface area contributed by atoms with Crippen LogP contribution >= 0.6 is 0 Å². The summed E-state index contributed by atoms with van der Waals surface area (Å²) in [6.07, 6.45) is 0. The zero-order valence-corrected chi connectivity index (χ0v) is 8.58. The molecule has 3 nitrogen and oxygen atoms in total. The summed E-state index contributed by atoms with van der Waals surface area (Å²) in [5, 5.41) is 8.45. The maximum Gasteiger partial charge on any atom is 0.289 e. The van der Waals surface area contributed by atoms with Crippen LogP contribution < -0.4 is 10.5 Å². The number of hydrogen-bond donors (Lipinski definition) is 2. The van der Waals surface area contributed by atoms with Gasteiger partial charge in [-0.05, 0) is 17.7 Å². The molecule has 1 rings (SSSR count). The van der Waals surface area contributed by atoms with E-state index in [9.17, 15) is 13.2 Å². The van der Waals surface area contributed by atoms with Gasteiger partial charge in [0.2, 0.25) is 0 Å². The molecule has 1 atom stereocenters. The minimum absolute atomic E-state index is 0.0525. The molecule has 3 N–H and O–H groups in total. The summed E-state index contributed by atoms with van der Waals surface area (Å²) in [7, 11) is 1.26. The van der Waals surface area contributed by atoms with Crippen molar-refractivity contribution in [2.45, 2.75) is 12.0 Å². The molecule has 0 saturated carbocycles. The molecule has 90 valence electrons. The quantitative estimate of drug-likeness (QED) is 0.830. The molecule has 0 radical (unpaired) electrons. The Labute approximate surface area is 90.6 Å². The fraction of sp³-hybridized carbons (Fsp3) is 0.400. The number of ether oxygens (including phenoxy) is 1. The van der Waals surface area contributed by atoms with E-state index in [1.165, 1.54) is 19.2 Å². The van der Waals surface area contributed by atoms with Crippen molar-refractivity contribution in [2.75, 3.05) is 13.7 Å². The number of nitrogens with two attached hydrogens (primary N) is 1. The van der Waals surface area contributed by atoms with Gasteiger partial charge in [0.25, 0.3) is 5.92 Å². The zero-order valence-electron chi connectivity index (χ0n) is 8.58. The number of hydrogen-bond acceptors (Lipinski definition) is 3. The lowest BCUT2D eigenvalue weighted by Crippen LogP contribution is -2.36. The van der Waals surface area contributed by atoms with Crippen LogP contribution in [0.4, 0.5) is 13.2 Å². The largest absolute Gasteiger partial charge is 0.494 e. The van der Waals surface area contributed by atoms with E-state index in [-0.39, 0.29) is 11.3 Å². The van der Waals surface area contributed by atoms with Crippen LogP contribution in [0.3, 0.4) is 0 Å². The van der Waals surface area contributed by atoms with Crippen molar-refractivity contribution in [2.24, 2.45) is 5.73 Å². The summed E-state index contributed by atoms with van der Waals surface area (Å²) < 4.78 is 43.9. The first-order chi connectivity index (χ1) is 7.42. The SMILES string of the molecule is COc1ccc([C@H](N)C(F)(F)CO)cc1F. The van der Waals surface area contributed by atoms with Gasteiger partial charge in [-0.2, -0.15) is 0 Å². The maximum atomic E-state index is 13.2. The van der Waals surface area contributed by atoms with E-state index in [0.29, 0.717) is 0 Å². The Hall–Kier alpha value is -1.27. The Bertz CT molecular complexity index is 371. The first kappa shape index (κ1) is 12.8. The first-order valence-electron chi connectivity index (χ1n) is 4.50. The van der Waals surface area contributed by atoms with Crippen molar-refractivity contribution in [1.82, 2.24) is 0 Å². The standard InChI is InChI=1S/C10H12F3NO2/c1-16-8-3-2-6(4-7(8)11)9(14)10(12,13)5-15/h2-4,9,15H,5,14H2,1H3/t9-/m0/s1. The second-order valence-corrected chi connectivity index (χ2v) is 3.29. The maximum absolute atomic E-state index is 13.2.